The first-order valence-electron chi connectivity index (χ1n) is 17.9. The number of nitrogens with zero attached hydrogens (tertiary/aromatic N) is 7. The van der Waals surface area contributed by atoms with Crippen molar-refractivity contribution in [3.05, 3.63) is 121 Å². The lowest BCUT2D eigenvalue weighted by molar-refractivity contribution is -0.136. The van der Waals surface area contributed by atoms with Crippen LogP contribution in [0.3, 0.4) is 0 Å². The van der Waals surface area contributed by atoms with Crippen molar-refractivity contribution in [2.75, 3.05) is 0 Å². The number of hydrogen-bond acceptors (Lipinski definition) is 9. The van der Waals surface area contributed by atoms with Gasteiger partial charge in [-0.05, 0) is 76.3 Å². The maximum Gasteiger partial charge on any atom is 0.262 e. The first-order valence-corrected chi connectivity index (χ1v) is 19.1. The number of carbonyl (C=O) groups excluding carboxylic acids is 4. The van der Waals surface area contributed by atoms with E-state index in [-0.39, 0.29) is 30.0 Å². The topological polar surface area (TPSA) is 144 Å². The minimum Gasteiger partial charge on any atom is -0.295 e. The van der Waals surface area contributed by atoms with Gasteiger partial charge in [0.25, 0.3) is 11.8 Å². The maximum atomic E-state index is 13.5. The number of imide groups is 2. The molecule has 8 rings (SSSR count). The molecule has 55 heavy (non-hydrogen) atoms. The van der Waals surface area contributed by atoms with Gasteiger partial charge in [-0.1, -0.05) is 59.4 Å². The second-order valence-corrected chi connectivity index (χ2v) is 15.3. The number of amides is 4. The number of piperidine rings is 1. The summed E-state index contributed by atoms with van der Waals surface area (Å²) in [5.74, 6) is 6.20. The fourth-order valence-electron chi connectivity index (χ4n) is 7.29. The van der Waals surface area contributed by atoms with Crippen LogP contribution in [0, 0.1) is 25.7 Å². The van der Waals surface area contributed by atoms with Crippen LogP contribution in [-0.4, -0.2) is 64.8 Å². The zero-order valence-electron chi connectivity index (χ0n) is 30.5. The van der Waals surface area contributed by atoms with Crippen LogP contribution in [0.2, 0.25) is 5.02 Å². The molecular weight excluding hydrogens is 736 g/mol. The molecular formula is C41H35ClN8O4S. The molecule has 3 aliphatic heterocycles. The molecule has 3 aromatic heterocycles. The van der Waals surface area contributed by atoms with Crippen molar-refractivity contribution in [2.45, 2.75) is 72.0 Å². The number of aryl methyl sites for hydroxylation is 2. The summed E-state index contributed by atoms with van der Waals surface area (Å²) in [5.41, 5.74) is 6.86. The molecule has 1 fully saturated rings. The third kappa shape index (κ3) is 6.62. The molecule has 1 N–H and O–H groups in total. The van der Waals surface area contributed by atoms with Crippen molar-refractivity contribution in [3.8, 4) is 16.8 Å². The standard InChI is InChI=1S/C41H35ClN8O4S/c1-22(19-28-8-5-9-30-35(28)40(54)50(39(30)53)31-15-17-33(51)45-38(31)52)7-6-18-48-21-26(20-43-48)10-16-32-23(2)34-36(27-11-13-29(42)14-12-27)44-24(3)37-47-46-25(4)49(37)41(34)55-32/h5,8-9,11-14,19-21,24,31H,6-7,15,17-18H2,1-4H3,(H,45,51,52)/b22-19-/t24-,31?/m0/s1. The zero-order chi connectivity index (χ0) is 38.5. The summed E-state index contributed by atoms with van der Waals surface area (Å²) in [7, 11) is 0. The van der Waals surface area contributed by atoms with Crippen LogP contribution < -0.4 is 5.32 Å². The zero-order valence-corrected chi connectivity index (χ0v) is 32.1. The normalized spacial score (nSPS) is 17.9. The van der Waals surface area contributed by atoms with E-state index >= 15 is 0 Å². The van der Waals surface area contributed by atoms with Gasteiger partial charge in [0, 0.05) is 35.3 Å². The van der Waals surface area contributed by atoms with Crippen molar-refractivity contribution < 1.29 is 19.2 Å². The Bertz CT molecular complexity index is 2570. The first kappa shape index (κ1) is 36.0. The lowest BCUT2D eigenvalue weighted by Crippen LogP contribution is -2.54. The lowest BCUT2D eigenvalue weighted by atomic mass is 9.99. The third-order valence-electron chi connectivity index (χ3n) is 10.0. The van der Waals surface area contributed by atoms with Crippen LogP contribution in [0.15, 0.2) is 65.4 Å². The highest BCUT2D eigenvalue weighted by atomic mass is 35.5. The number of allylic oxidation sites excluding steroid dienone is 1. The van der Waals surface area contributed by atoms with Crippen molar-refractivity contribution >= 4 is 58.4 Å². The Morgan fingerprint density at radius 3 is 2.62 bits per heavy atom. The summed E-state index contributed by atoms with van der Waals surface area (Å²) in [6.07, 6.45) is 7.30. The van der Waals surface area contributed by atoms with E-state index in [9.17, 15) is 19.2 Å². The first-order chi connectivity index (χ1) is 26.5. The molecule has 0 spiro atoms. The van der Waals surface area contributed by atoms with E-state index < -0.39 is 29.7 Å². The van der Waals surface area contributed by atoms with Crippen molar-refractivity contribution in [1.82, 2.24) is 34.8 Å². The number of hydrogen-bond donors (Lipinski definition) is 1. The monoisotopic (exact) mass is 770 g/mol. The Morgan fingerprint density at radius 1 is 1.04 bits per heavy atom. The van der Waals surface area contributed by atoms with Gasteiger partial charge in [-0.15, -0.1) is 21.5 Å². The maximum absolute atomic E-state index is 13.5. The molecule has 3 aliphatic rings. The Kier molecular flexibility index (Phi) is 9.40. The van der Waals surface area contributed by atoms with E-state index in [0.29, 0.717) is 17.1 Å². The predicted molar refractivity (Wildman–Crippen MR) is 208 cm³/mol. The molecule has 0 radical (unpaired) electrons. The number of aromatic nitrogens is 5. The van der Waals surface area contributed by atoms with Gasteiger partial charge in [-0.3, -0.25) is 43.6 Å². The van der Waals surface area contributed by atoms with Crippen LogP contribution in [0.4, 0.5) is 0 Å². The van der Waals surface area contributed by atoms with Crippen LogP contribution in [0.1, 0.15) is 111 Å². The average molecular weight is 771 g/mol. The van der Waals surface area contributed by atoms with Gasteiger partial charge in [0.1, 0.15) is 22.9 Å². The second kappa shape index (κ2) is 14.4. The van der Waals surface area contributed by atoms with E-state index in [4.69, 9.17) is 16.6 Å². The summed E-state index contributed by atoms with van der Waals surface area (Å²) < 4.78 is 3.95. The molecule has 0 saturated carbocycles. The van der Waals surface area contributed by atoms with Crippen LogP contribution in [0.5, 0.6) is 0 Å². The average Bonchev–Trinajstić information content (AvgIpc) is 3.90. The molecule has 5 aromatic rings. The molecule has 12 nitrogen and oxygen atoms in total. The van der Waals surface area contributed by atoms with Gasteiger partial charge in [0.2, 0.25) is 11.8 Å². The highest BCUT2D eigenvalue weighted by Crippen LogP contribution is 2.39. The van der Waals surface area contributed by atoms with Crippen LogP contribution in [0.25, 0.3) is 11.1 Å². The number of carbonyl (C=O) groups is 4. The lowest BCUT2D eigenvalue weighted by Gasteiger charge is -2.27. The number of benzene rings is 2. The SMILES string of the molecule is C/C(=C/c1cccc2c1C(=O)N(C1CCC(=O)NC1=O)C2=O)CCCn1cc(C#Cc2sc3c(c2C)C(c2ccc(Cl)cc2)=N[C@@H](C)c2nnc(C)n2-3)cn1. The summed E-state index contributed by atoms with van der Waals surface area (Å²) in [6, 6.07) is 11.6. The molecule has 1 saturated heterocycles. The molecule has 14 heteroatoms. The molecule has 6 heterocycles. The van der Waals surface area contributed by atoms with Gasteiger partial charge in [0.15, 0.2) is 5.82 Å². The van der Waals surface area contributed by atoms with Gasteiger partial charge in [0.05, 0.1) is 33.5 Å². The molecule has 2 atom stereocenters. The van der Waals surface area contributed by atoms with Crippen molar-refractivity contribution in [1.29, 1.82) is 0 Å². The Morgan fingerprint density at radius 2 is 1.84 bits per heavy atom. The van der Waals surface area contributed by atoms with Crippen molar-refractivity contribution in [3.63, 3.8) is 0 Å². The highest BCUT2D eigenvalue weighted by molar-refractivity contribution is 7.15. The fraction of sp³-hybridized carbons (Fsp3) is 0.268. The fourth-order valence-corrected chi connectivity index (χ4v) is 8.64. The molecule has 0 bridgehead atoms. The van der Waals surface area contributed by atoms with Crippen LogP contribution >= 0.6 is 22.9 Å². The van der Waals surface area contributed by atoms with E-state index in [2.05, 4.69) is 43.9 Å². The number of rotatable bonds is 7. The summed E-state index contributed by atoms with van der Waals surface area (Å²) >= 11 is 7.82. The summed E-state index contributed by atoms with van der Waals surface area (Å²) in [6.45, 7) is 8.68. The second-order valence-electron chi connectivity index (χ2n) is 13.9. The molecule has 0 aliphatic carbocycles. The molecule has 1 unspecified atom stereocenters. The number of nitrogens with one attached hydrogen (secondary N) is 1. The summed E-state index contributed by atoms with van der Waals surface area (Å²) in [5, 5.41) is 17.3. The molecule has 2 aromatic carbocycles. The van der Waals surface area contributed by atoms with E-state index in [1.807, 2.05) is 62.0 Å². The van der Waals surface area contributed by atoms with E-state index in [1.54, 1.807) is 35.7 Å². The predicted octanol–water partition coefficient (Wildman–Crippen LogP) is 6.39. The Labute approximate surface area is 325 Å². The van der Waals surface area contributed by atoms with E-state index in [0.717, 1.165) is 72.8 Å². The Balaban J connectivity index is 0.968. The minimum atomic E-state index is -1.00. The quantitative estimate of drug-likeness (QED) is 0.149. The van der Waals surface area contributed by atoms with Gasteiger partial charge in [-0.25, -0.2) is 0 Å². The smallest absolute Gasteiger partial charge is 0.262 e. The highest BCUT2D eigenvalue weighted by Gasteiger charge is 2.45. The van der Waals surface area contributed by atoms with Gasteiger partial charge in [-0.2, -0.15) is 5.10 Å². The molecule has 4 amide bonds. The number of halogens is 1. The Hall–Kier alpha value is -5.97. The van der Waals surface area contributed by atoms with Gasteiger partial charge < -0.3 is 0 Å². The van der Waals surface area contributed by atoms with Gasteiger partial charge >= 0.3 is 0 Å². The number of aliphatic imine (C=N–C) groups is 1. The summed E-state index contributed by atoms with van der Waals surface area (Å²) in [4.78, 5) is 57.9. The number of thiophene rings is 1. The number of fused-ring (bicyclic) bond motifs is 4. The van der Waals surface area contributed by atoms with E-state index in [1.165, 1.54) is 0 Å². The largest absolute Gasteiger partial charge is 0.295 e. The van der Waals surface area contributed by atoms with Crippen molar-refractivity contribution in [2.24, 2.45) is 4.99 Å². The molecule has 276 valence electrons. The minimum absolute atomic E-state index is 0.0727. The third-order valence-corrected chi connectivity index (χ3v) is 11.5. The van der Waals surface area contributed by atoms with Crippen LogP contribution in [-0.2, 0) is 16.1 Å².